The standard InChI is InChI=1S/C26H35N3/c1-17-18(2)20(4)24(6,21(5)19(17)3)25(26(27,28)29,22-13-9-7-10-14-22)23-15-11-8-12-16-23/h7-16,20H,27-29H2,1-6H3. The lowest BCUT2D eigenvalue weighted by atomic mass is 9.45. The molecule has 0 fully saturated rings. The number of allylic oxidation sites excluding steroid dienone is 4. The third-order valence-corrected chi connectivity index (χ3v) is 7.85. The van der Waals surface area contributed by atoms with Crippen molar-refractivity contribution in [2.24, 2.45) is 28.5 Å². The normalized spacial score (nSPS) is 23.6. The number of hydrogen-bond donors (Lipinski definition) is 3. The monoisotopic (exact) mass is 389 g/mol. The summed E-state index contributed by atoms with van der Waals surface area (Å²) in [6.07, 6.45) is 0. The van der Waals surface area contributed by atoms with Crippen LogP contribution in [0.1, 0.15) is 52.7 Å². The minimum absolute atomic E-state index is 0.196. The van der Waals surface area contributed by atoms with Crippen molar-refractivity contribution in [1.29, 1.82) is 0 Å². The molecule has 3 heteroatoms. The lowest BCUT2D eigenvalue weighted by molar-refractivity contribution is 0.0790. The van der Waals surface area contributed by atoms with Crippen LogP contribution in [0.3, 0.4) is 0 Å². The zero-order chi connectivity index (χ0) is 21.6. The first-order valence-corrected chi connectivity index (χ1v) is 10.3. The van der Waals surface area contributed by atoms with Crippen molar-refractivity contribution < 1.29 is 0 Å². The predicted molar refractivity (Wildman–Crippen MR) is 123 cm³/mol. The van der Waals surface area contributed by atoms with E-state index in [2.05, 4.69) is 65.8 Å². The number of benzene rings is 2. The summed E-state index contributed by atoms with van der Waals surface area (Å²) in [5.41, 5.74) is 26.4. The molecule has 3 rings (SSSR count). The maximum atomic E-state index is 6.76. The number of rotatable bonds is 4. The molecule has 2 aromatic rings. The van der Waals surface area contributed by atoms with Gasteiger partial charge in [-0.15, -0.1) is 0 Å². The average molecular weight is 390 g/mol. The number of nitrogens with two attached hydrogens (primary N) is 3. The van der Waals surface area contributed by atoms with Crippen LogP contribution in [0.25, 0.3) is 0 Å². The third-order valence-electron chi connectivity index (χ3n) is 7.85. The van der Waals surface area contributed by atoms with Crippen LogP contribution in [-0.4, -0.2) is 5.79 Å². The third kappa shape index (κ3) is 2.83. The highest BCUT2D eigenvalue weighted by Crippen LogP contribution is 2.61. The fourth-order valence-corrected chi connectivity index (χ4v) is 5.75. The van der Waals surface area contributed by atoms with Crippen molar-refractivity contribution >= 4 is 0 Å². The van der Waals surface area contributed by atoms with Gasteiger partial charge in [-0.25, -0.2) is 0 Å². The van der Waals surface area contributed by atoms with Crippen molar-refractivity contribution in [2.75, 3.05) is 0 Å². The molecular weight excluding hydrogens is 354 g/mol. The Hall–Kier alpha value is -2.20. The van der Waals surface area contributed by atoms with Crippen molar-refractivity contribution in [3.63, 3.8) is 0 Å². The minimum atomic E-state index is -1.49. The van der Waals surface area contributed by atoms with Gasteiger partial charge in [0.15, 0.2) is 0 Å². The SMILES string of the molecule is CC1=C(C)C(C)C(C)(C(c2ccccc2)(c2ccccc2)C(N)(N)N)C(C)=C1C. The van der Waals surface area contributed by atoms with Gasteiger partial charge in [-0.2, -0.15) is 0 Å². The summed E-state index contributed by atoms with van der Waals surface area (Å²) in [6.45, 7) is 13.4. The van der Waals surface area contributed by atoms with E-state index in [-0.39, 0.29) is 5.92 Å². The Kier molecular flexibility index (Phi) is 5.37. The maximum Gasteiger partial charge on any atom is 0.130 e. The molecule has 0 heterocycles. The van der Waals surface area contributed by atoms with Crippen LogP contribution < -0.4 is 17.2 Å². The van der Waals surface area contributed by atoms with Crippen molar-refractivity contribution in [2.45, 2.75) is 52.7 Å². The molecule has 29 heavy (non-hydrogen) atoms. The second kappa shape index (κ2) is 7.24. The number of hydrogen-bond acceptors (Lipinski definition) is 3. The van der Waals surface area contributed by atoms with Gasteiger partial charge in [-0.05, 0) is 55.9 Å². The summed E-state index contributed by atoms with van der Waals surface area (Å²) in [4.78, 5) is 0. The second-order valence-corrected chi connectivity index (χ2v) is 8.90. The molecule has 154 valence electrons. The molecular formula is C26H35N3. The molecule has 1 aliphatic carbocycles. The van der Waals surface area contributed by atoms with Crippen LogP contribution >= 0.6 is 0 Å². The van der Waals surface area contributed by atoms with Crippen molar-refractivity contribution in [3.8, 4) is 0 Å². The van der Waals surface area contributed by atoms with E-state index in [0.29, 0.717) is 0 Å². The summed E-state index contributed by atoms with van der Waals surface area (Å²) in [5.74, 6) is -1.30. The lowest BCUT2D eigenvalue weighted by Crippen LogP contribution is -2.77. The predicted octanol–water partition coefficient (Wildman–Crippen LogP) is 4.83. The van der Waals surface area contributed by atoms with Crippen LogP contribution in [0.5, 0.6) is 0 Å². The highest BCUT2D eigenvalue weighted by Gasteiger charge is 2.62. The maximum absolute atomic E-state index is 6.76. The minimum Gasteiger partial charge on any atom is -0.300 e. The molecule has 3 nitrogen and oxygen atoms in total. The summed E-state index contributed by atoms with van der Waals surface area (Å²) in [7, 11) is 0. The summed E-state index contributed by atoms with van der Waals surface area (Å²) in [5, 5.41) is 0. The molecule has 0 saturated carbocycles. The van der Waals surface area contributed by atoms with Crippen LogP contribution in [0.4, 0.5) is 0 Å². The van der Waals surface area contributed by atoms with E-state index < -0.39 is 16.6 Å². The molecule has 6 N–H and O–H groups in total. The van der Waals surface area contributed by atoms with Crippen LogP contribution in [-0.2, 0) is 5.41 Å². The quantitative estimate of drug-likeness (QED) is 0.655. The van der Waals surface area contributed by atoms with E-state index in [0.717, 1.165) is 11.1 Å². The first-order chi connectivity index (χ1) is 13.5. The second-order valence-electron chi connectivity index (χ2n) is 8.90. The van der Waals surface area contributed by atoms with Gasteiger partial charge in [0.1, 0.15) is 5.79 Å². The molecule has 2 unspecified atom stereocenters. The Bertz CT molecular complexity index is 909. The van der Waals surface area contributed by atoms with Gasteiger partial charge in [-0.3, -0.25) is 0 Å². The van der Waals surface area contributed by atoms with Crippen LogP contribution in [0.2, 0.25) is 0 Å². The van der Waals surface area contributed by atoms with Gasteiger partial charge in [-0.1, -0.05) is 85.7 Å². The van der Waals surface area contributed by atoms with E-state index in [4.69, 9.17) is 17.2 Å². The molecule has 0 amide bonds. The average Bonchev–Trinajstić information content (AvgIpc) is 2.71. The zero-order valence-electron chi connectivity index (χ0n) is 18.6. The molecule has 0 aliphatic heterocycles. The molecule has 0 aromatic heterocycles. The molecule has 0 spiro atoms. The van der Waals surface area contributed by atoms with E-state index >= 15 is 0 Å². The molecule has 1 aliphatic rings. The smallest absolute Gasteiger partial charge is 0.130 e. The van der Waals surface area contributed by atoms with Crippen LogP contribution in [0.15, 0.2) is 83.0 Å². The van der Waals surface area contributed by atoms with Crippen LogP contribution in [0, 0.1) is 11.3 Å². The zero-order valence-corrected chi connectivity index (χ0v) is 18.6. The molecule has 2 atom stereocenters. The van der Waals surface area contributed by atoms with E-state index in [1.54, 1.807) is 0 Å². The van der Waals surface area contributed by atoms with Gasteiger partial charge in [0.2, 0.25) is 0 Å². The van der Waals surface area contributed by atoms with E-state index in [9.17, 15) is 0 Å². The van der Waals surface area contributed by atoms with Gasteiger partial charge in [0, 0.05) is 5.41 Å². The first-order valence-electron chi connectivity index (χ1n) is 10.3. The first kappa shape index (κ1) is 21.5. The van der Waals surface area contributed by atoms with Gasteiger partial charge in [0.05, 0.1) is 5.41 Å². The Morgan fingerprint density at radius 1 is 0.724 bits per heavy atom. The van der Waals surface area contributed by atoms with E-state index in [1.165, 1.54) is 22.3 Å². The Labute approximate surface area is 175 Å². The Morgan fingerprint density at radius 3 is 1.52 bits per heavy atom. The molecule has 0 bridgehead atoms. The highest BCUT2D eigenvalue weighted by molar-refractivity contribution is 5.55. The van der Waals surface area contributed by atoms with E-state index in [1.807, 2.05) is 36.4 Å². The largest absolute Gasteiger partial charge is 0.300 e. The highest BCUT2D eigenvalue weighted by atomic mass is 15.2. The van der Waals surface area contributed by atoms with Gasteiger partial charge >= 0.3 is 0 Å². The molecule has 0 radical (unpaired) electrons. The topological polar surface area (TPSA) is 78.1 Å². The van der Waals surface area contributed by atoms with Gasteiger partial charge < -0.3 is 17.2 Å². The fourth-order valence-electron chi connectivity index (χ4n) is 5.75. The lowest BCUT2D eigenvalue weighted by Gasteiger charge is -2.60. The molecule has 2 aromatic carbocycles. The summed E-state index contributed by atoms with van der Waals surface area (Å²) < 4.78 is 0. The Morgan fingerprint density at radius 2 is 1.14 bits per heavy atom. The Balaban J connectivity index is 2.54. The molecule has 0 saturated heterocycles. The van der Waals surface area contributed by atoms with Gasteiger partial charge in [0.25, 0.3) is 0 Å². The van der Waals surface area contributed by atoms with Crippen molar-refractivity contribution in [1.82, 2.24) is 0 Å². The summed E-state index contributed by atoms with van der Waals surface area (Å²) in [6, 6.07) is 20.6. The summed E-state index contributed by atoms with van der Waals surface area (Å²) >= 11 is 0. The van der Waals surface area contributed by atoms with Crippen molar-refractivity contribution in [3.05, 3.63) is 94.1 Å². The fraction of sp³-hybridized carbons (Fsp3) is 0.385.